The van der Waals surface area contributed by atoms with Crippen molar-refractivity contribution in [1.82, 2.24) is 4.57 Å². The van der Waals surface area contributed by atoms with Crippen LogP contribution in [0.4, 0.5) is 16.4 Å². The topological polar surface area (TPSA) is 8.17 Å². The van der Waals surface area contributed by atoms with Crippen molar-refractivity contribution in [3.63, 3.8) is 0 Å². The van der Waals surface area contributed by atoms with E-state index in [-0.39, 0.29) is 0 Å². The zero-order valence-electron chi connectivity index (χ0n) is 31.1. The quantitative estimate of drug-likeness (QED) is 0.176. The third-order valence-corrected chi connectivity index (χ3v) is 12.0. The van der Waals surface area contributed by atoms with E-state index in [0.29, 0.717) is 0 Å². The Balaban J connectivity index is 0.000000932. The molecule has 2 heterocycles. The summed E-state index contributed by atoms with van der Waals surface area (Å²) in [4.78, 5) is 2.46. The van der Waals surface area contributed by atoms with Gasteiger partial charge >= 0.3 is 0 Å². The highest BCUT2D eigenvalue weighted by atomic mass is 32.1. The lowest BCUT2D eigenvalue weighted by molar-refractivity contribution is 0.793. The van der Waals surface area contributed by atoms with E-state index < -0.39 is 5.41 Å². The van der Waals surface area contributed by atoms with Crippen molar-refractivity contribution in [3.05, 3.63) is 204 Å². The molecule has 262 valence electrons. The Bertz CT molecular complexity index is 2710. The minimum absolute atomic E-state index is 0.391. The van der Waals surface area contributed by atoms with Gasteiger partial charge in [0.15, 0.2) is 0 Å². The maximum absolute atomic E-state index is 2.48. The summed E-state index contributed by atoms with van der Waals surface area (Å²) in [6.45, 7) is 8.00. The number of aromatic nitrogens is 1. The molecular formula is C51H42N2S. The standard InChI is InChI=1S/C47H30N2S.2C2H6/c1-3-15-31(16-4-1)48(45-30-44-46(50-45)38-22-10-14-26-43(38)49(44)32-17-5-2-6-18-32)33-27-28-37-36-21-9-13-25-41(36)47(42(37)29-33)39-23-11-7-19-34(39)35-20-8-12-24-40(35)47;2*1-2/h1-30H;2*1-2H3. The Labute approximate surface area is 322 Å². The summed E-state index contributed by atoms with van der Waals surface area (Å²) in [5.74, 6) is 0. The van der Waals surface area contributed by atoms with Gasteiger partial charge in [0.25, 0.3) is 0 Å². The van der Waals surface area contributed by atoms with E-state index in [4.69, 9.17) is 0 Å². The zero-order valence-corrected chi connectivity index (χ0v) is 31.9. The van der Waals surface area contributed by atoms with Crippen LogP contribution in [-0.2, 0) is 5.41 Å². The SMILES string of the molecule is CC.CC.c1ccc(N(c2ccc3c(c2)C2(c4ccccc4-c4ccccc42)c2ccccc2-3)c2cc3c(s2)c2ccccc2n3-c2ccccc2)cc1. The highest BCUT2D eigenvalue weighted by molar-refractivity contribution is 7.24. The first kappa shape index (κ1) is 33.7. The maximum Gasteiger partial charge on any atom is 0.103 e. The van der Waals surface area contributed by atoms with E-state index in [1.54, 1.807) is 0 Å². The molecule has 2 aliphatic rings. The van der Waals surface area contributed by atoms with Crippen LogP contribution in [0.3, 0.4) is 0 Å². The van der Waals surface area contributed by atoms with Gasteiger partial charge in [-0.1, -0.05) is 161 Å². The smallest absolute Gasteiger partial charge is 0.103 e. The van der Waals surface area contributed by atoms with Gasteiger partial charge in [0.2, 0.25) is 0 Å². The van der Waals surface area contributed by atoms with Gasteiger partial charge in [0.05, 0.1) is 21.1 Å². The van der Waals surface area contributed by atoms with Gasteiger partial charge in [-0.2, -0.15) is 0 Å². The van der Waals surface area contributed by atoms with Crippen molar-refractivity contribution in [3.8, 4) is 27.9 Å². The number of rotatable bonds is 4. The molecule has 0 N–H and O–H groups in total. The van der Waals surface area contributed by atoms with Crippen molar-refractivity contribution in [2.24, 2.45) is 0 Å². The minimum atomic E-state index is -0.391. The first-order valence-electron chi connectivity index (χ1n) is 19.2. The first-order chi connectivity index (χ1) is 26.8. The molecule has 0 saturated carbocycles. The first-order valence-corrected chi connectivity index (χ1v) is 20.0. The maximum atomic E-state index is 2.48. The fraction of sp³-hybridized carbons (Fsp3) is 0.0980. The van der Waals surface area contributed by atoms with Gasteiger partial charge in [-0.25, -0.2) is 0 Å². The average Bonchev–Trinajstić information content (AvgIpc) is 3.98. The lowest BCUT2D eigenvalue weighted by Crippen LogP contribution is -2.26. The van der Waals surface area contributed by atoms with Gasteiger partial charge in [-0.15, -0.1) is 11.3 Å². The summed E-state index contributed by atoms with van der Waals surface area (Å²) in [5.41, 5.74) is 16.2. The minimum Gasteiger partial charge on any atom is -0.308 e. The van der Waals surface area contributed by atoms with E-state index in [2.05, 4.69) is 191 Å². The molecule has 0 saturated heterocycles. The highest BCUT2D eigenvalue weighted by Crippen LogP contribution is 2.63. The van der Waals surface area contributed by atoms with Gasteiger partial charge in [-0.3, -0.25) is 0 Å². The molecule has 54 heavy (non-hydrogen) atoms. The molecule has 2 nitrogen and oxygen atoms in total. The number of hydrogen-bond donors (Lipinski definition) is 0. The molecule has 11 rings (SSSR count). The van der Waals surface area contributed by atoms with Gasteiger partial charge in [0, 0.05) is 22.4 Å². The van der Waals surface area contributed by atoms with Crippen LogP contribution >= 0.6 is 11.3 Å². The number of hydrogen-bond acceptors (Lipinski definition) is 2. The molecule has 0 fully saturated rings. The molecule has 0 radical (unpaired) electrons. The fourth-order valence-corrected chi connectivity index (χ4v) is 10.1. The summed E-state index contributed by atoms with van der Waals surface area (Å²) in [6, 6.07) is 67.0. The summed E-state index contributed by atoms with van der Waals surface area (Å²) in [5, 5.41) is 2.46. The van der Waals surface area contributed by atoms with Gasteiger partial charge in [0.1, 0.15) is 5.00 Å². The Hall–Kier alpha value is -6.16. The third kappa shape index (κ3) is 4.78. The summed E-state index contributed by atoms with van der Waals surface area (Å²) in [6.07, 6.45) is 0. The third-order valence-electron chi connectivity index (χ3n) is 10.8. The van der Waals surface area contributed by atoms with E-state index in [0.717, 1.165) is 11.4 Å². The second kappa shape index (κ2) is 13.7. The van der Waals surface area contributed by atoms with Crippen molar-refractivity contribution in [2.45, 2.75) is 33.1 Å². The number of thiophene rings is 1. The Morgan fingerprint density at radius 1 is 0.426 bits per heavy atom. The van der Waals surface area contributed by atoms with Crippen LogP contribution in [0.1, 0.15) is 49.9 Å². The lowest BCUT2D eigenvalue weighted by Gasteiger charge is -2.31. The molecular weight excluding hydrogens is 673 g/mol. The molecule has 2 aromatic heterocycles. The highest BCUT2D eigenvalue weighted by Gasteiger charge is 2.51. The molecule has 1 spiro atoms. The number of fused-ring (bicyclic) bond motifs is 13. The fourth-order valence-electron chi connectivity index (χ4n) is 8.89. The molecule has 9 aromatic rings. The van der Waals surface area contributed by atoms with E-state index in [9.17, 15) is 0 Å². The second-order valence-electron chi connectivity index (χ2n) is 13.3. The molecule has 0 atom stereocenters. The van der Waals surface area contributed by atoms with E-state index >= 15 is 0 Å². The molecule has 7 aromatic carbocycles. The zero-order chi connectivity index (χ0) is 36.8. The predicted octanol–water partition coefficient (Wildman–Crippen LogP) is 14.7. The van der Waals surface area contributed by atoms with Crippen LogP contribution in [0.25, 0.3) is 49.1 Å². The monoisotopic (exact) mass is 714 g/mol. The molecule has 0 amide bonds. The molecule has 0 unspecified atom stereocenters. The van der Waals surface area contributed by atoms with Crippen LogP contribution in [0.15, 0.2) is 182 Å². The Kier molecular flexibility index (Phi) is 8.52. The van der Waals surface area contributed by atoms with Crippen molar-refractivity contribution in [1.29, 1.82) is 0 Å². The molecule has 2 aliphatic carbocycles. The normalized spacial score (nSPS) is 12.6. The van der Waals surface area contributed by atoms with E-state index in [1.807, 2.05) is 39.0 Å². The van der Waals surface area contributed by atoms with Crippen LogP contribution < -0.4 is 4.90 Å². The summed E-state index contributed by atoms with van der Waals surface area (Å²) in [7, 11) is 0. The Morgan fingerprint density at radius 2 is 0.926 bits per heavy atom. The number of benzene rings is 7. The summed E-state index contributed by atoms with van der Waals surface area (Å²) >= 11 is 1.87. The number of nitrogens with zero attached hydrogens (tertiary/aromatic N) is 2. The van der Waals surface area contributed by atoms with Crippen LogP contribution in [0.2, 0.25) is 0 Å². The Morgan fingerprint density at radius 3 is 1.54 bits per heavy atom. The van der Waals surface area contributed by atoms with Crippen molar-refractivity contribution < 1.29 is 0 Å². The molecule has 0 aliphatic heterocycles. The van der Waals surface area contributed by atoms with E-state index in [1.165, 1.54) is 76.3 Å². The number of para-hydroxylation sites is 3. The lowest BCUT2D eigenvalue weighted by atomic mass is 9.70. The summed E-state index contributed by atoms with van der Waals surface area (Å²) < 4.78 is 3.71. The van der Waals surface area contributed by atoms with Gasteiger partial charge in [-0.05, 0) is 93.0 Å². The predicted molar refractivity (Wildman–Crippen MR) is 232 cm³/mol. The largest absolute Gasteiger partial charge is 0.308 e. The van der Waals surface area contributed by atoms with Crippen molar-refractivity contribution in [2.75, 3.05) is 4.90 Å². The van der Waals surface area contributed by atoms with Crippen LogP contribution in [-0.4, -0.2) is 4.57 Å². The van der Waals surface area contributed by atoms with Gasteiger partial charge < -0.3 is 9.47 Å². The second-order valence-corrected chi connectivity index (χ2v) is 14.3. The van der Waals surface area contributed by atoms with Crippen LogP contribution in [0.5, 0.6) is 0 Å². The average molecular weight is 715 g/mol. The van der Waals surface area contributed by atoms with Crippen molar-refractivity contribution >= 4 is 48.8 Å². The molecule has 3 heteroatoms. The number of anilines is 3. The molecule has 0 bridgehead atoms. The van der Waals surface area contributed by atoms with Crippen LogP contribution in [0, 0.1) is 0 Å².